The van der Waals surface area contributed by atoms with Crippen molar-refractivity contribution in [1.29, 1.82) is 0 Å². The maximum absolute atomic E-state index is 13.3. The molecule has 8 heteroatoms. The number of anilines is 1. The summed E-state index contributed by atoms with van der Waals surface area (Å²) in [5.74, 6) is -0.827. The molecule has 2 heterocycles. The SMILES string of the molecule is CCOc1ccc(Cl)c(/C(O)=C2/C(=O)C(=O)N(c3cccc(OC)c3)C2c2sccc2C)c1. The van der Waals surface area contributed by atoms with Gasteiger partial charge >= 0.3 is 0 Å². The molecule has 1 aliphatic heterocycles. The third-order valence-corrected chi connectivity index (χ3v) is 6.83. The Bertz CT molecular complexity index is 1270. The average molecular weight is 484 g/mol. The fourth-order valence-corrected chi connectivity index (χ4v) is 5.09. The summed E-state index contributed by atoms with van der Waals surface area (Å²) in [6.07, 6.45) is 0. The molecule has 1 amide bonds. The largest absolute Gasteiger partial charge is 0.507 e. The minimum absolute atomic E-state index is 0.0241. The molecule has 33 heavy (non-hydrogen) atoms. The first-order valence-corrected chi connectivity index (χ1v) is 11.5. The van der Waals surface area contributed by atoms with E-state index in [-0.39, 0.29) is 21.9 Å². The Balaban J connectivity index is 1.95. The molecule has 0 saturated carbocycles. The highest BCUT2D eigenvalue weighted by Crippen LogP contribution is 2.46. The van der Waals surface area contributed by atoms with Crippen molar-refractivity contribution in [2.45, 2.75) is 19.9 Å². The molecule has 1 aliphatic rings. The standard InChI is InChI=1S/C25H22ClNO5S/c1-4-32-17-8-9-19(26)18(13-17)22(28)20-21(24-14(2)10-11-33-24)27(25(30)23(20)29)15-6-5-7-16(12-15)31-3/h5-13,21,28H,4H2,1-3H3/b22-20-. The van der Waals surface area contributed by atoms with Crippen LogP contribution in [0.2, 0.25) is 5.02 Å². The zero-order valence-corrected chi connectivity index (χ0v) is 19.9. The smallest absolute Gasteiger partial charge is 0.300 e. The molecule has 6 nitrogen and oxygen atoms in total. The summed E-state index contributed by atoms with van der Waals surface area (Å²) in [5.41, 5.74) is 1.59. The maximum Gasteiger partial charge on any atom is 0.300 e. The van der Waals surface area contributed by atoms with Gasteiger partial charge in [-0.15, -0.1) is 11.3 Å². The van der Waals surface area contributed by atoms with E-state index in [0.29, 0.717) is 23.8 Å². The zero-order valence-electron chi connectivity index (χ0n) is 18.3. The van der Waals surface area contributed by atoms with Crippen molar-refractivity contribution in [1.82, 2.24) is 0 Å². The predicted octanol–water partition coefficient (Wildman–Crippen LogP) is 5.74. The maximum atomic E-state index is 13.3. The molecule has 1 fully saturated rings. The number of carbonyl (C=O) groups excluding carboxylic acids is 2. The summed E-state index contributed by atoms with van der Waals surface area (Å²) in [6, 6.07) is 12.8. The number of aliphatic hydroxyl groups is 1. The van der Waals surface area contributed by atoms with E-state index in [0.717, 1.165) is 10.4 Å². The highest BCUT2D eigenvalue weighted by Gasteiger charge is 2.48. The van der Waals surface area contributed by atoms with Crippen LogP contribution in [-0.2, 0) is 9.59 Å². The topological polar surface area (TPSA) is 76.1 Å². The monoisotopic (exact) mass is 483 g/mol. The molecule has 0 bridgehead atoms. The summed E-state index contributed by atoms with van der Waals surface area (Å²) in [6.45, 7) is 4.17. The number of Topliss-reactive ketones (excluding diaryl/α,β-unsaturated/α-hetero) is 1. The summed E-state index contributed by atoms with van der Waals surface area (Å²) in [7, 11) is 1.53. The van der Waals surface area contributed by atoms with E-state index in [4.69, 9.17) is 21.1 Å². The lowest BCUT2D eigenvalue weighted by atomic mass is 9.98. The number of carbonyl (C=O) groups is 2. The number of aryl methyl sites for hydroxylation is 1. The van der Waals surface area contributed by atoms with E-state index >= 15 is 0 Å². The van der Waals surface area contributed by atoms with E-state index in [9.17, 15) is 14.7 Å². The minimum atomic E-state index is -0.816. The van der Waals surface area contributed by atoms with Crippen molar-refractivity contribution in [2.24, 2.45) is 0 Å². The Labute approximate surface area is 200 Å². The number of thiophene rings is 1. The Kier molecular flexibility index (Phi) is 6.44. The third-order valence-electron chi connectivity index (χ3n) is 5.43. The second kappa shape index (κ2) is 9.29. The van der Waals surface area contributed by atoms with Gasteiger partial charge in [0.2, 0.25) is 0 Å². The number of hydrogen-bond donors (Lipinski definition) is 1. The number of ether oxygens (including phenoxy) is 2. The Morgan fingerprint density at radius 2 is 1.94 bits per heavy atom. The second-order valence-corrected chi connectivity index (χ2v) is 8.77. The Morgan fingerprint density at radius 3 is 2.61 bits per heavy atom. The van der Waals surface area contributed by atoms with E-state index < -0.39 is 17.7 Å². The molecule has 4 rings (SSSR count). The van der Waals surface area contributed by atoms with Crippen LogP contribution in [0.3, 0.4) is 0 Å². The molecule has 2 aromatic carbocycles. The van der Waals surface area contributed by atoms with Crippen LogP contribution in [0.4, 0.5) is 5.69 Å². The number of aliphatic hydroxyl groups excluding tert-OH is 1. The fourth-order valence-electron chi connectivity index (χ4n) is 3.86. The lowest BCUT2D eigenvalue weighted by Gasteiger charge is -2.25. The van der Waals surface area contributed by atoms with Crippen LogP contribution in [-0.4, -0.2) is 30.5 Å². The molecule has 1 N–H and O–H groups in total. The van der Waals surface area contributed by atoms with Crippen molar-refractivity contribution < 1.29 is 24.2 Å². The van der Waals surface area contributed by atoms with Gasteiger partial charge in [-0.2, -0.15) is 0 Å². The predicted molar refractivity (Wildman–Crippen MR) is 129 cm³/mol. The number of rotatable bonds is 6. The number of hydrogen-bond acceptors (Lipinski definition) is 6. The highest BCUT2D eigenvalue weighted by atomic mass is 35.5. The first-order valence-electron chi connectivity index (χ1n) is 10.3. The van der Waals surface area contributed by atoms with Crippen molar-refractivity contribution in [3.05, 3.63) is 80.5 Å². The molecule has 1 unspecified atom stereocenters. The van der Waals surface area contributed by atoms with Gasteiger partial charge in [0.25, 0.3) is 11.7 Å². The number of ketones is 1. The molecule has 0 radical (unpaired) electrons. The number of nitrogens with zero attached hydrogens (tertiary/aromatic N) is 1. The van der Waals surface area contributed by atoms with Crippen molar-refractivity contribution in [3.63, 3.8) is 0 Å². The molecule has 170 valence electrons. The number of halogens is 1. The van der Waals surface area contributed by atoms with Gasteiger partial charge in [-0.05, 0) is 61.2 Å². The van der Waals surface area contributed by atoms with Gasteiger partial charge in [0, 0.05) is 22.2 Å². The van der Waals surface area contributed by atoms with Crippen LogP contribution in [0.25, 0.3) is 5.76 Å². The molecule has 1 aromatic heterocycles. The average Bonchev–Trinajstić information content (AvgIpc) is 3.35. The summed E-state index contributed by atoms with van der Waals surface area (Å²) in [5, 5.41) is 13.5. The number of amides is 1. The van der Waals surface area contributed by atoms with Gasteiger partial charge in [0.1, 0.15) is 23.3 Å². The van der Waals surface area contributed by atoms with Crippen molar-refractivity contribution in [3.8, 4) is 11.5 Å². The normalized spacial score (nSPS) is 17.5. The molecule has 0 spiro atoms. The van der Waals surface area contributed by atoms with Crippen LogP contribution in [0.15, 0.2) is 59.5 Å². The fraction of sp³-hybridized carbons (Fsp3) is 0.200. The highest BCUT2D eigenvalue weighted by molar-refractivity contribution is 7.10. The van der Waals surface area contributed by atoms with Gasteiger partial charge in [0.05, 0.1) is 24.3 Å². The van der Waals surface area contributed by atoms with Crippen molar-refractivity contribution >= 4 is 46.1 Å². The summed E-state index contributed by atoms with van der Waals surface area (Å²) < 4.78 is 10.8. The van der Waals surface area contributed by atoms with Gasteiger partial charge in [-0.25, -0.2) is 0 Å². The summed E-state index contributed by atoms with van der Waals surface area (Å²) >= 11 is 7.79. The first kappa shape index (κ1) is 22.9. The molecule has 1 saturated heterocycles. The van der Waals surface area contributed by atoms with Crippen molar-refractivity contribution in [2.75, 3.05) is 18.6 Å². The molecule has 1 atom stereocenters. The van der Waals surface area contributed by atoms with Crippen LogP contribution < -0.4 is 14.4 Å². The molecular formula is C25H22ClNO5S. The zero-order chi connectivity index (χ0) is 23.7. The van der Waals surface area contributed by atoms with Crippen LogP contribution in [0, 0.1) is 6.92 Å². The van der Waals surface area contributed by atoms with Gasteiger partial charge in [0.15, 0.2) is 0 Å². The van der Waals surface area contributed by atoms with E-state index in [1.807, 2.05) is 25.3 Å². The number of benzene rings is 2. The van der Waals surface area contributed by atoms with Gasteiger partial charge in [-0.3, -0.25) is 14.5 Å². The van der Waals surface area contributed by atoms with Gasteiger partial charge in [-0.1, -0.05) is 17.7 Å². The van der Waals surface area contributed by atoms with Crippen LogP contribution in [0.1, 0.15) is 29.0 Å². The Morgan fingerprint density at radius 1 is 1.15 bits per heavy atom. The second-order valence-electron chi connectivity index (χ2n) is 7.41. The van der Waals surface area contributed by atoms with E-state index in [1.165, 1.54) is 23.3 Å². The van der Waals surface area contributed by atoms with E-state index in [1.54, 1.807) is 42.5 Å². The van der Waals surface area contributed by atoms with E-state index in [2.05, 4.69) is 0 Å². The molecular weight excluding hydrogens is 462 g/mol. The summed E-state index contributed by atoms with van der Waals surface area (Å²) in [4.78, 5) is 28.7. The third kappa shape index (κ3) is 4.10. The molecule has 3 aromatic rings. The number of methoxy groups -OCH3 is 1. The van der Waals surface area contributed by atoms with Crippen LogP contribution in [0.5, 0.6) is 11.5 Å². The van der Waals surface area contributed by atoms with Gasteiger partial charge < -0.3 is 14.6 Å². The van der Waals surface area contributed by atoms with Crippen LogP contribution >= 0.6 is 22.9 Å². The first-order chi connectivity index (χ1) is 15.9. The lowest BCUT2D eigenvalue weighted by molar-refractivity contribution is -0.132. The molecule has 0 aliphatic carbocycles. The minimum Gasteiger partial charge on any atom is -0.507 e. The quantitative estimate of drug-likeness (QED) is 0.275. The lowest BCUT2D eigenvalue weighted by Crippen LogP contribution is -2.29. The Hall–Kier alpha value is -3.29.